The summed E-state index contributed by atoms with van der Waals surface area (Å²) < 4.78 is 24.3. The van der Waals surface area contributed by atoms with Gasteiger partial charge in [-0.25, -0.2) is 14.6 Å². The molecule has 0 bridgehead atoms. The van der Waals surface area contributed by atoms with Gasteiger partial charge in [0.15, 0.2) is 22.9 Å². The molecule has 0 saturated carbocycles. The normalized spacial score (nSPS) is 14.6. The number of benzene rings is 2. The van der Waals surface area contributed by atoms with Gasteiger partial charge in [0, 0.05) is 6.20 Å². The molecule has 0 spiro atoms. The molecule has 2 heterocycles. The van der Waals surface area contributed by atoms with E-state index in [1.54, 1.807) is 42.5 Å². The molecule has 0 unspecified atom stereocenters. The lowest BCUT2D eigenvalue weighted by atomic mass is 9.97. The molecule has 1 aliphatic rings. The summed E-state index contributed by atoms with van der Waals surface area (Å²) in [6.45, 7) is 4.14. The van der Waals surface area contributed by atoms with E-state index in [2.05, 4.69) is 4.99 Å². The number of methoxy groups -OCH3 is 1. The molecule has 12 heteroatoms. The number of thiazole rings is 1. The zero-order valence-electron chi connectivity index (χ0n) is 21.3. The molecule has 0 aliphatic carbocycles. The number of nitrogens with zero attached hydrogens (tertiary/aromatic N) is 2. The molecule has 0 saturated heterocycles. The Kier molecular flexibility index (Phi) is 9.07. The Morgan fingerprint density at radius 1 is 1.08 bits per heavy atom. The molecule has 4 rings (SSSR count). The maximum Gasteiger partial charge on any atom is 0.341 e. The van der Waals surface area contributed by atoms with Gasteiger partial charge in [0.25, 0.3) is 5.56 Å². The fourth-order valence-electron chi connectivity index (χ4n) is 4.00. The molecule has 39 heavy (non-hydrogen) atoms. The van der Waals surface area contributed by atoms with Crippen LogP contribution in [0, 0.1) is 3.57 Å². The Balaban J connectivity index is 1.82. The second kappa shape index (κ2) is 12.5. The van der Waals surface area contributed by atoms with Gasteiger partial charge >= 0.3 is 11.9 Å². The van der Waals surface area contributed by atoms with Crippen molar-refractivity contribution in [2.45, 2.75) is 19.9 Å². The van der Waals surface area contributed by atoms with E-state index in [-0.39, 0.29) is 11.1 Å². The number of hydrogen-bond acceptors (Lipinski definition) is 9. The number of aliphatic carboxylic acids is 1. The van der Waals surface area contributed by atoms with Crippen molar-refractivity contribution in [2.75, 3.05) is 26.9 Å². The van der Waals surface area contributed by atoms with Crippen LogP contribution in [0.4, 0.5) is 0 Å². The topological polar surface area (TPSA) is 126 Å². The molecule has 1 atom stereocenters. The lowest BCUT2D eigenvalue weighted by Gasteiger charge is -2.23. The monoisotopic (exact) mass is 664 g/mol. The second-order valence-corrected chi connectivity index (χ2v) is 10.3. The van der Waals surface area contributed by atoms with E-state index < -0.39 is 24.6 Å². The van der Waals surface area contributed by atoms with Gasteiger partial charge < -0.3 is 24.1 Å². The summed E-state index contributed by atoms with van der Waals surface area (Å²) in [5.74, 6) is -0.182. The van der Waals surface area contributed by atoms with Crippen molar-refractivity contribution >= 4 is 51.9 Å². The standard InChI is InChI=1S/C27H25IN2O8S/c1-4-36-20-9-7-16(12-21(20)37-5-2)24-17(26(34)35-3)13-29-27-30(24)25(33)22(39-27)11-15-6-8-19(18(28)10-15)38-14-23(31)32/h6-13,24H,4-5,14H2,1-3H3,(H,31,32)/b22-11-/t24-/m1/s1. The van der Waals surface area contributed by atoms with Crippen LogP contribution in [0.1, 0.15) is 31.0 Å². The lowest BCUT2D eigenvalue weighted by molar-refractivity contribution is -0.139. The van der Waals surface area contributed by atoms with E-state index in [9.17, 15) is 14.4 Å². The number of carboxylic acid groups (broad SMARTS) is 1. The molecule has 0 radical (unpaired) electrons. The average Bonchev–Trinajstić information content (AvgIpc) is 3.23. The number of esters is 1. The Labute approximate surface area is 240 Å². The van der Waals surface area contributed by atoms with E-state index in [1.165, 1.54) is 29.2 Å². The van der Waals surface area contributed by atoms with Crippen molar-refractivity contribution in [2.24, 2.45) is 4.99 Å². The molecular formula is C27H25IN2O8S. The van der Waals surface area contributed by atoms with Crippen molar-refractivity contribution in [3.63, 3.8) is 0 Å². The van der Waals surface area contributed by atoms with Crippen molar-refractivity contribution < 1.29 is 33.6 Å². The first-order chi connectivity index (χ1) is 18.8. The van der Waals surface area contributed by atoms with Gasteiger partial charge in [-0.3, -0.25) is 9.36 Å². The molecular weight excluding hydrogens is 639 g/mol. The van der Waals surface area contributed by atoms with Crippen LogP contribution >= 0.6 is 33.9 Å². The summed E-state index contributed by atoms with van der Waals surface area (Å²) in [5.41, 5.74) is 1.23. The van der Waals surface area contributed by atoms with E-state index in [4.69, 9.17) is 24.1 Å². The highest BCUT2D eigenvalue weighted by Crippen LogP contribution is 2.35. The minimum absolute atomic E-state index is 0.206. The smallest absolute Gasteiger partial charge is 0.341 e. The Morgan fingerprint density at radius 2 is 1.79 bits per heavy atom. The summed E-state index contributed by atoms with van der Waals surface area (Å²) in [4.78, 5) is 42.1. The molecule has 0 fully saturated rings. The molecule has 10 nitrogen and oxygen atoms in total. The first kappa shape index (κ1) is 28.4. The van der Waals surface area contributed by atoms with Crippen LogP contribution in [-0.4, -0.2) is 48.5 Å². The number of carbonyl (C=O) groups excluding carboxylic acids is 1. The summed E-state index contributed by atoms with van der Waals surface area (Å²) in [7, 11) is 1.28. The third-order valence-corrected chi connectivity index (χ3v) is 7.45. The highest BCUT2D eigenvalue weighted by Gasteiger charge is 2.31. The van der Waals surface area contributed by atoms with Gasteiger partial charge in [0.2, 0.25) is 0 Å². The Bertz CT molecular complexity index is 1630. The van der Waals surface area contributed by atoms with E-state index in [1.807, 2.05) is 36.4 Å². The van der Waals surface area contributed by atoms with Crippen LogP contribution in [0.15, 0.2) is 58.0 Å². The fraction of sp³-hybridized carbons (Fsp3) is 0.259. The van der Waals surface area contributed by atoms with Crippen LogP contribution in [0.2, 0.25) is 0 Å². The number of carboxylic acids is 1. The molecule has 0 amide bonds. The van der Waals surface area contributed by atoms with Gasteiger partial charge in [-0.2, -0.15) is 0 Å². The van der Waals surface area contributed by atoms with E-state index >= 15 is 0 Å². The summed E-state index contributed by atoms with van der Waals surface area (Å²) in [5, 5.41) is 8.85. The van der Waals surface area contributed by atoms with Crippen molar-refractivity contribution in [3.05, 3.63) is 82.6 Å². The summed E-state index contributed by atoms with van der Waals surface area (Å²) in [6.07, 6.45) is 3.15. The molecule has 2 aromatic carbocycles. The van der Waals surface area contributed by atoms with Gasteiger partial charge in [0.1, 0.15) is 5.75 Å². The minimum Gasteiger partial charge on any atom is -0.490 e. The van der Waals surface area contributed by atoms with Crippen LogP contribution in [0.5, 0.6) is 17.2 Å². The molecule has 1 aliphatic heterocycles. The maximum atomic E-state index is 13.7. The predicted octanol–water partition coefficient (Wildman–Crippen LogP) is 2.88. The fourth-order valence-corrected chi connectivity index (χ4v) is 5.67. The van der Waals surface area contributed by atoms with Gasteiger partial charge in [-0.05, 0) is 77.9 Å². The highest BCUT2D eigenvalue weighted by molar-refractivity contribution is 14.1. The van der Waals surface area contributed by atoms with Crippen LogP contribution in [0.3, 0.4) is 0 Å². The number of ether oxygens (including phenoxy) is 4. The summed E-state index contributed by atoms with van der Waals surface area (Å²) >= 11 is 3.24. The van der Waals surface area contributed by atoms with Crippen LogP contribution in [-0.2, 0) is 14.3 Å². The van der Waals surface area contributed by atoms with E-state index in [0.29, 0.717) is 48.9 Å². The second-order valence-electron chi connectivity index (χ2n) is 8.12. The van der Waals surface area contributed by atoms with Crippen molar-refractivity contribution in [1.82, 2.24) is 4.57 Å². The third-order valence-electron chi connectivity index (χ3n) is 5.61. The quantitative estimate of drug-likeness (QED) is 0.259. The van der Waals surface area contributed by atoms with Crippen molar-refractivity contribution in [3.8, 4) is 17.2 Å². The number of rotatable bonds is 10. The minimum atomic E-state index is -1.07. The number of hydrogen-bond donors (Lipinski definition) is 1. The number of carbonyl (C=O) groups is 2. The third kappa shape index (κ3) is 6.17. The van der Waals surface area contributed by atoms with Gasteiger partial charge in [-0.1, -0.05) is 23.5 Å². The molecule has 1 N–H and O–H groups in total. The zero-order chi connectivity index (χ0) is 28.1. The van der Waals surface area contributed by atoms with Gasteiger partial charge in [0.05, 0.1) is 40.0 Å². The Morgan fingerprint density at radius 3 is 2.46 bits per heavy atom. The van der Waals surface area contributed by atoms with E-state index in [0.717, 1.165) is 5.56 Å². The zero-order valence-corrected chi connectivity index (χ0v) is 24.3. The van der Waals surface area contributed by atoms with Crippen molar-refractivity contribution in [1.29, 1.82) is 0 Å². The number of fused-ring (bicyclic) bond motifs is 1. The van der Waals surface area contributed by atoms with Gasteiger partial charge in [-0.15, -0.1) is 0 Å². The highest BCUT2D eigenvalue weighted by atomic mass is 127. The summed E-state index contributed by atoms with van der Waals surface area (Å²) in [6, 6.07) is 9.68. The Hall–Kier alpha value is -3.65. The lowest BCUT2D eigenvalue weighted by Crippen LogP contribution is -2.39. The van der Waals surface area contributed by atoms with Crippen LogP contribution in [0.25, 0.3) is 6.08 Å². The molecule has 204 valence electrons. The van der Waals surface area contributed by atoms with Crippen LogP contribution < -0.4 is 29.1 Å². The molecule has 1 aromatic heterocycles. The number of aromatic nitrogens is 1. The average molecular weight is 664 g/mol. The first-order valence-corrected chi connectivity index (χ1v) is 13.8. The first-order valence-electron chi connectivity index (χ1n) is 11.9. The predicted molar refractivity (Wildman–Crippen MR) is 152 cm³/mol. The molecule has 3 aromatic rings. The SMILES string of the molecule is CCOc1ccc([C@@H]2C(C(=O)OC)=CN=c3s/c(=C\c4ccc(OCC(=O)O)c(I)c4)c(=O)n32)cc1OCC. The number of halogens is 1. The maximum absolute atomic E-state index is 13.7. The largest absolute Gasteiger partial charge is 0.490 e.